The average Bonchev–Trinajstić information content (AvgIpc) is 2.45. The molecule has 20 heavy (non-hydrogen) atoms. The van der Waals surface area contributed by atoms with Gasteiger partial charge in [0.05, 0.1) is 13.7 Å². The Kier molecular flexibility index (Phi) is 6.75. The van der Waals surface area contributed by atoms with Crippen molar-refractivity contribution in [3.63, 3.8) is 0 Å². The van der Waals surface area contributed by atoms with Crippen LogP contribution in [-0.4, -0.2) is 37.9 Å². The topological polar surface area (TPSA) is 71.6 Å². The van der Waals surface area contributed by atoms with Crippen molar-refractivity contribution in [3.05, 3.63) is 29.8 Å². The van der Waals surface area contributed by atoms with Gasteiger partial charge < -0.3 is 14.8 Å². The predicted molar refractivity (Wildman–Crippen MR) is 80.7 cm³/mol. The summed E-state index contributed by atoms with van der Waals surface area (Å²) in [7, 11) is 3.16. The number of nitrogens with one attached hydrogen (secondary N) is 3. The van der Waals surface area contributed by atoms with Gasteiger partial charge in [-0.15, -0.1) is 0 Å². The fraction of sp³-hybridized carbons (Fsp3) is 0.385. The molecule has 0 saturated heterocycles. The molecule has 0 saturated carbocycles. The Bertz CT molecular complexity index is 468. The summed E-state index contributed by atoms with van der Waals surface area (Å²) in [4.78, 5) is 11.9. The second-order valence-corrected chi connectivity index (χ2v) is 4.55. The van der Waals surface area contributed by atoms with Crippen molar-refractivity contribution in [2.24, 2.45) is 0 Å². The van der Waals surface area contributed by atoms with E-state index >= 15 is 0 Å². The molecule has 110 valence electrons. The van der Waals surface area contributed by atoms with Gasteiger partial charge in [0.1, 0.15) is 5.75 Å². The number of methoxy groups -OCH3 is 2. The summed E-state index contributed by atoms with van der Waals surface area (Å²) in [6.45, 7) is 2.44. The van der Waals surface area contributed by atoms with Gasteiger partial charge in [0.15, 0.2) is 5.11 Å². The van der Waals surface area contributed by atoms with E-state index in [-0.39, 0.29) is 11.9 Å². The Balaban J connectivity index is 2.44. The lowest BCUT2D eigenvalue weighted by Crippen LogP contribution is -2.49. The number of carbonyl (C=O) groups excluding carboxylic acids is 1. The maximum atomic E-state index is 11.9. The third-order valence-electron chi connectivity index (χ3n) is 2.42. The first-order valence-corrected chi connectivity index (χ1v) is 6.47. The van der Waals surface area contributed by atoms with Gasteiger partial charge in [-0.2, -0.15) is 0 Å². The first-order valence-electron chi connectivity index (χ1n) is 6.06. The van der Waals surface area contributed by atoms with Crippen LogP contribution in [0.15, 0.2) is 24.3 Å². The molecule has 0 spiro atoms. The Morgan fingerprint density at radius 2 is 2.10 bits per heavy atom. The van der Waals surface area contributed by atoms with E-state index in [1.54, 1.807) is 38.5 Å². The second-order valence-electron chi connectivity index (χ2n) is 4.14. The van der Waals surface area contributed by atoms with Crippen molar-refractivity contribution >= 4 is 23.2 Å². The van der Waals surface area contributed by atoms with Crippen molar-refractivity contribution in [2.45, 2.75) is 13.0 Å². The maximum absolute atomic E-state index is 11.9. The minimum atomic E-state index is -0.299. The molecule has 0 aromatic heterocycles. The molecular weight excluding hydrogens is 278 g/mol. The fourth-order valence-corrected chi connectivity index (χ4v) is 1.75. The van der Waals surface area contributed by atoms with E-state index in [9.17, 15) is 4.79 Å². The maximum Gasteiger partial charge on any atom is 0.269 e. The highest BCUT2D eigenvalue weighted by molar-refractivity contribution is 7.80. The van der Waals surface area contributed by atoms with Crippen LogP contribution in [0.4, 0.5) is 0 Å². The molecule has 0 aliphatic rings. The largest absolute Gasteiger partial charge is 0.497 e. The van der Waals surface area contributed by atoms with Crippen LogP contribution in [0.1, 0.15) is 17.3 Å². The normalized spacial score (nSPS) is 11.3. The van der Waals surface area contributed by atoms with Crippen molar-refractivity contribution in [2.75, 3.05) is 20.8 Å². The monoisotopic (exact) mass is 297 g/mol. The zero-order valence-corrected chi connectivity index (χ0v) is 12.5. The molecule has 0 aliphatic carbocycles. The number of carbonyl (C=O) groups is 1. The molecule has 0 fully saturated rings. The lowest BCUT2D eigenvalue weighted by atomic mass is 10.2. The van der Waals surface area contributed by atoms with E-state index in [1.165, 1.54) is 0 Å². The molecule has 3 N–H and O–H groups in total. The Morgan fingerprint density at radius 3 is 2.75 bits per heavy atom. The summed E-state index contributed by atoms with van der Waals surface area (Å²) in [5.41, 5.74) is 5.62. The van der Waals surface area contributed by atoms with Gasteiger partial charge in [-0.3, -0.25) is 15.6 Å². The molecule has 0 radical (unpaired) electrons. The fourth-order valence-electron chi connectivity index (χ4n) is 1.50. The highest BCUT2D eigenvalue weighted by Crippen LogP contribution is 2.11. The Hall–Kier alpha value is -1.86. The van der Waals surface area contributed by atoms with Crippen LogP contribution >= 0.6 is 12.2 Å². The van der Waals surface area contributed by atoms with Crippen LogP contribution in [0.2, 0.25) is 0 Å². The van der Waals surface area contributed by atoms with Crippen LogP contribution in [0, 0.1) is 0 Å². The van der Waals surface area contributed by atoms with Gasteiger partial charge in [0.25, 0.3) is 5.91 Å². The van der Waals surface area contributed by atoms with E-state index in [0.29, 0.717) is 23.0 Å². The third kappa shape index (κ3) is 5.41. The molecule has 0 heterocycles. The molecule has 0 bridgehead atoms. The van der Waals surface area contributed by atoms with Crippen molar-refractivity contribution in [1.29, 1.82) is 0 Å². The number of amides is 1. The Labute approximate surface area is 123 Å². The quantitative estimate of drug-likeness (QED) is 0.552. The standard InChI is InChI=1S/C13H19N3O3S/c1-9(8-18-2)14-13(20)16-15-12(17)10-5-4-6-11(7-10)19-3/h4-7,9H,8H2,1-3H3,(H,15,17)(H2,14,16,20)/t9-/m1/s1. The number of hydrogen-bond acceptors (Lipinski definition) is 4. The lowest BCUT2D eigenvalue weighted by Gasteiger charge is -2.16. The molecule has 7 heteroatoms. The van der Waals surface area contributed by atoms with Gasteiger partial charge in [-0.25, -0.2) is 0 Å². The molecule has 1 amide bonds. The van der Waals surface area contributed by atoms with E-state index < -0.39 is 0 Å². The Morgan fingerprint density at radius 1 is 1.35 bits per heavy atom. The highest BCUT2D eigenvalue weighted by atomic mass is 32.1. The zero-order chi connectivity index (χ0) is 15.0. The summed E-state index contributed by atoms with van der Waals surface area (Å²) in [5, 5.41) is 3.29. The van der Waals surface area contributed by atoms with E-state index in [1.807, 2.05) is 6.92 Å². The molecule has 1 atom stereocenters. The van der Waals surface area contributed by atoms with Crippen LogP contribution < -0.4 is 20.9 Å². The number of ether oxygens (including phenoxy) is 2. The molecule has 0 unspecified atom stereocenters. The third-order valence-corrected chi connectivity index (χ3v) is 2.64. The number of hydrogen-bond donors (Lipinski definition) is 3. The van der Waals surface area contributed by atoms with Gasteiger partial charge in [-0.05, 0) is 37.3 Å². The number of thiocarbonyl (C=S) groups is 1. The molecule has 1 aromatic carbocycles. The molecule has 1 rings (SSSR count). The SMILES string of the molecule is COC[C@@H](C)NC(=S)NNC(=O)c1cccc(OC)c1. The van der Waals surface area contributed by atoms with Crippen LogP contribution in [0.25, 0.3) is 0 Å². The van der Waals surface area contributed by atoms with Gasteiger partial charge >= 0.3 is 0 Å². The highest BCUT2D eigenvalue weighted by Gasteiger charge is 2.08. The number of benzene rings is 1. The smallest absolute Gasteiger partial charge is 0.269 e. The first kappa shape index (κ1) is 16.2. The second kappa shape index (κ2) is 8.34. The van der Waals surface area contributed by atoms with Crippen LogP contribution in [-0.2, 0) is 4.74 Å². The molecule has 1 aromatic rings. The summed E-state index contributed by atoms with van der Waals surface area (Å²) in [5.74, 6) is 0.319. The molecule has 0 aliphatic heterocycles. The molecular formula is C13H19N3O3S. The minimum absolute atomic E-state index is 0.0497. The summed E-state index contributed by atoms with van der Waals surface area (Å²) in [6, 6.07) is 6.88. The first-order chi connectivity index (χ1) is 9.56. The van der Waals surface area contributed by atoms with Gasteiger partial charge in [0.2, 0.25) is 0 Å². The van der Waals surface area contributed by atoms with E-state index in [4.69, 9.17) is 21.7 Å². The van der Waals surface area contributed by atoms with Crippen molar-refractivity contribution in [3.8, 4) is 5.75 Å². The average molecular weight is 297 g/mol. The van der Waals surface area contributed by atoms with Gasteiger partial charge in [-0.1, -0.05) is 6.07 Å². The zero-order valence-electron chi connectivity index (χ0n) is 11.7. The number of rotatable bonds is 5. The molecule has 6 nitrogen and oxygen atoms in total. The summed E-state index contributed by atoms with van der Waals surface area (Å²) in [6.07, 6.45) is 0. The van der Waals surface area contributed by atoms with Crippen molar-refractivity contribution in [1.82, 2.24) is 16.2 Å². The predicted octanol–water partition coefficient (Wildman–Crippen LogP) is 0.839. The van der Waals surface area contributed by atoms with E-state index in [0.717, 1.165) is 0 Å². The van der Waals surface area contributed by atoms with E-state index in [2.05, 4.69) is 16.2 Å². The summed E-state index contributed by atoms with van der Waals surface area (Å²) >= 11 is 5.04. The van der Waals surface area contributed by atoms with Crippen LogP contribution in [0.5, 0.6) is 5.75 Å². The van der Waals surface area contributed by atoms with Gasteiger partial charge in [0, 0.05) is 18.7 Å². The lowest BCUT2D eigenvalue weighted by molar-refractivity contribution is 0.0943. The van der Waals surface area contributed by atoms with Crippen molar-refractivity contribution < 1.29 is 14.3 Å². The summed E-state index contributed by atoms with van der Waals surface area (Å²) < 4.78 is 10.0. The van der Waals surface area contributed by atoms with Crippen LogP contribution in [0.3, 0.4) is 0 Å². The minimum Gasteiger partial charge on any atom is -0.497 e. The number of hydrazine groups is 1.